The summed E-state index contributed by atoms with van der Waals surface area (Å²) in [5.41, 5.74) is 6.46. The molecule has 0 spiro atoms. The second-order valence-corrected chi connectivity index (χ2v) is 7.33. The summed E-state index contributed by atoms with van der Waals surface area (Å²) in [6.45, 7) is 4.50. The quantitative estimate of drug-likeness (QED) is 0.780. The first-order chi connectivity index (χ1) is 10.2. The van der Waals surface area contributed by atoms with Gasteiger partial charge in [-0.15, -0.1) is 21.5 Å². The maximum Gasteiger partial charge on any atom is 0.248 e. The molecule has 1 saturated heterocycles. The average molecular weight is 302 g/mol. The van der Waals surface area contributed by atoms with Crippen molar-refractivity contribution in [2.75, 3.05) is 5.01 Å². The van der Waals surface area contributed by atoms with E-state index in [0.29, 0.717) is 5.92 Å². The van der Waals surface area contributed by atoms with Gasteiger partial charge in [-0.2, -0.15) is 0 Å². The monoisotopic (exact) mass is 302 g/mol. The maximum atomic E-state index is 4.30. The lowest BCUT2D eigenvalue weighted by molar-refractivity contribution is 0.542. The molecule has 2 aromatic heterocycles. The highest BCUT2D eigenvalue weighted by Crippen LogP contribution is 2.49. The summed E-state index contributed by atoms with van der Waals surface area (Å²) in [4.78, 5) is 1.56. The highest BCUT2D eigenvalue weighted by Gasteiger charge is 2.43. The molecule has 0 aromatic carbocycles. The van der Waals surface area contributed by atoms with E-state index >= 15 is 0 Å². The molecule has 0 amide bonds. The largest absolute Gasteiger partial charge is 0.276 e. The van der Waals surface area contributed by atoms with Crippen LogP contribution in [-0.2, 0) is 6.42 Å². The summed E-state index contributed by atoms with van der Waals surface area (Å²) in [5, 5.41) is 15.5. The van der Waals surface area contributed by atoms with Crippen molar-refractivity contribution < 1.29 is 0 Å². The summed E-state index contributed by atoms with van der Waals surface area (Å²) in [5.74, 6) is 1.53. The van der Waals surface area contributed by atoms with E-state index in [4.69, 9.17) is 0 Å². The normalized spacial score (nSPS) is 29.8. The Balaban J connectivity index is 1.80. The number of nitrogens with one attached hydrogen (secondary N) is 2. The minimum absolute atomic E-state index is 0.173. The lowest BCUT2D eigenvalue weighted by Gasteiger charge is -2.31. The van der Waals surface area contributed by atoms with E-state index < -0.39 is 0 Å². The van der Waals surface area contributed by atoms with Crippen molar-refractivity contribution >= 4 is 17.3 Å². The first kappa shape index (κ1) is 12.1. The van der Waals surface area contributed by atoms with Crippen molar-refractivity contribution in [2.24, 2.45) is 0 Å². The average Bonchev–Trinajstić information content (AvgIpc) is 3.12. The Kier molecular flexibility index (Phi) is 2.34. The van der Waals surface area contributed by atoms with E-state index in [1.54, 1.807) is 10.4 Å². The van der Waals surface area contributed by atoms with Crippen LogP contribution in [0, 0.1) is 0 Å². The zero-order valence-corrected chi connectivity index (χ0v) is 12.9. The second-order valence-electron chi connectivity index (χ2n) is 6.24. The number of hydrogen-bond donors (Lipinski definition) is 2. The van der Waals surface area contributed by atoms with Crippen LogP contribution in [0.1, 0.15) is 54.8 Å². The standard InChI is InChI=1S/C14H18N6S/c1-7-4-3-5-9-10(7)11-12-16-8(2)18-20(12)14-17-15-6-19(14)13(11)21-9/h6-8,12,16,18H,3-5H2,1-2H3/t7-,8?,12?/m1/s1. The number of anilines is 1. The molecule has 21 heavy (non-hydrogen) atoms. The van der Waals surface area contributed by atoms with Gasteiger partial charge >= 0.3 is 0 Å². The summed E-state index contributed by atoms with van der Waals surface area (Å²) in [6, 6.07) is 0. The van der Waals surface area contributed by atoms with E-state index in [9.17, 15) is 0 Å². The zero-order chi connectivity index (χ0) is 14.1. The maximum absolute atomic E-state index is 4.30. The van der Waals surface area contributed by atoms with Gasteiger partial charge in [-0.1, -0.05) is 6.92 Å². The molecule has 3 atom stereocenters. The summed E-state index contributed by atoms with van der Waals surface area (Å²) in [7, 11) is 0. The third kappa shape index (κ3) is 1.48. The first-order valence-corrected chi connectivity index (χ1v) is 8.43. The predicted octanol–water partition coefficient (Wildman–Crippen LogP) is 2.04. The highest BCUT2D eigenvalue weighted by atomic mass is 32.1. The fraction of sp³-hybridized carbons (Fsp3) is 0.571. The van der Waals surface area contributed by atoms with Crippen LogP contribution in [-0.4, -0.2) is 20.9 Å². The van der Waals surface area contributed by atoms with Gasteiger partial charge in [0, 0.05) is 10.4 Å². The number of rotatable bonds is 0. The number of aromatic nitrogens is 3. The van der Waals surface area contributed by atoms with Gasteiger partial charge in [-0.3, -0.25) is 14.9 Å². The van der Waals surface area contributed by atoms with E-state index in [2.05, 4.69) is 44.4 Å². The molecule has 0 radical (unpaired) electrons. The van der Waals surface area contributed by atoms with Crippen LogP contribution < -0.4 is 15.8 Å². The van der Waals surface area contributed by atoms with E-state index in [1.807, 2.05) is 17.7 Å². The van der Waals surface area contributed by atoms with Crippen LogP contribution in [0.3, 0.4) is 0 Å². The van der Waals surface area contributed by atoms with Gasteiger partial charge in [0.1, 0.15) is 17.5 Å². The van der Waals surface area contributed by atoms with Gasteiger partial charge in [-0.25, -0.2) is 5.43 Å². The third-order valence-electron chi connectivity index (χ3n) is 4.81. The number of nitrogens with zero attached hydrogens (tertiary/aromatic N) is 4. The van der Waals surface area contributed by atoms with Crippen LogP contribution in [0.25, 0.3) is 5.00 Å². The third-order valence-corrected chi connectivity index (χ3v) is 6.09. The van der Waals surface area contributed by atoms with Crippen molar-refractivity contribution in [1.82, 2.24) is 25.5 Å². The van der Waals surface area contributed by atoms with Crippen LogP contribution >= 0.6 is 11.3 Å². The number of fused-ring (bicyclic) bond motifs is 8. The van der Waals surface area contributed by atoms with E-state index in [1.165, 1.54) is 29.8 Å². The Morgan fingerprint density at radius 2 is 2.24 bits per heavy atom. The molecule has 2 aromatic rings. The van der Waals surface area contributed by atoms with Gasteiger partial charge in [0.15, 0.2) is 0 Å². The second kappa shape index (κ2) is 4.06. The molecular weight excluding hydrogens is 284 g/mol. The lowest BCUT2D eigenvalue weighted by Crippen LogP contribution is -2.40. The summed E-state index contributed by atoms with van der Waals surface area (Å²) >= 11 is 1.93. The molecule has 3 aliphatic rings. The first-order valence-electron chi connectivity index (χ1n) is 7.61. The number of hydrazine groups is 1. The molecule has 4 heterocycles. The molecule has 5 rings (SSSR count). The molecule has 1 aliphatic carbocycles. The van der Waals surface area contributed by atoms with Crippen LogP contribution in [0.15, 0.2) is 6.33 Å². The molecule has 2 N–H and O–H groups in total. The Labute approximate surface area is 127 Å². The predicted molar refractivity (Wildman–Crippen MR) is 81.5 cm³/mol. The van der Waals surface area contributed by atoms with Crippen molar-refractivity contribution in [1.29, 1.82) is 0 Å². The van der Waals surface area contributed by atoms with Gasteiger partial charge in [0.25, 0.3) is 0 Å². The molecular formula is C14H18N6S. The van der Waals surface area contributed by atoms with E-state index in [0.717, 1.165) is 5.95 Å². The van der Waals surface area contributed by atoms with Crippen LogP contribution in [0.5, 0.6) is 0 Å². The Morgan fingerprint density at radius 1 is 1.33 bits per heavy atom. The Morgan fingerprint density at radius 3 is 3.14 bits per heavy atom. The van der Waals surface area contributed by atoms with Gasteiger partial charge in [0.05, 0.1) is 6.17 Å². The number of aryl methyl sites for hydroxylation is 1. The van der Waals surface area contributed by atoms with Crippen LogP contribution in [0.4, 0.5) is 5.95 Å². The zero-order valence-electron chi connectivity index (χ0n) is 12.1. The van der Waals surface area contributed by atoms with E-state index in [-0.39, 0.29) is 12.3 Å². The van der Waals surface area contributed by atoms with Gasteiger partial charge in [-0.05, 0) is 37.7 Å². The molecule has 2 aliphatic heterocycles. The Hall–Kier alpha value is -1.44. The smallest absolute Gasteiger partial charge is 0.248 e. The fourth-order valence-electron chi connectivity index (χ4n) is 3.93. The summed E-state index contributed by atoms with van der Waals surface area (Å²) < 4.78 is 2.13. The van der Waals surface area contributed by atoms with Gasteiger partial charge in [0.2, 0.25) is 5.95 Å². The molecule has 7 heteroatoms. The Bertz CT molecular complexity index is 719. The summed E-state index contributed by atoms with van der Waals surface area (Å²) in [6.07, 6.45) is 6.05. The number of hydrogen-bond acceptors (Lipinski definition) is 6. The fourth-order valence-corrected chi connectivity index (χ4v) is 5.39. The molecule has 0 saturated carbocycles. The van der Waals surface area contributed by atoms with Gasteiger partial charge < -0.3 is 0 Å². The molecule has 6 nitrogen and oxygen atoms in total. The minimum atomic E-state index is 0.173. The van der Waals surface area contributed by atoms with Crippen molar-refractivity contribution in [3.8, 4) is 5.00 Å². The van der Waals surface area contributed by atoms with Crippen molar-refractivity contribution in [2.45, 2.75) is 51.4 Å². The molecule has 2 unspecified atom stereocenters. The van der Waals surface area contributed by atoms with Crippen LogP contribution in [0.2, 0.25) is 0 Å². The lowest BCUT2D eigenvalue weighted by atomic mass is 9.85. The molecule has 1 fully saturated rings. The highest BCUT2D eigenvalue weighted by molar-refractivity contribution is 7.15. The minimum Gasteiger partial charge on any atom is -0.276 e. The van der Waals surface area contributed by atoms with Crippen molar-refractivity contribution in [3.05, 3.63) is 22.3 Å². The SMILES string of the molecule is CC1NC2c3c(sc4c3[C@H](C)CCC4)-n3cnnc3N2N1. The molecule has 110 valence electrons. The molecule has 0 bridgehead atoms. The van der Waals surface area contributed by atoms with Crippen molar-refractivity contribution in [3.63, 3.8) is 0 Å². The number of thiophene rings is 1. The topological polar surface area (TPSA) is 58.0 Å².